The number of aromatic nitrogens is 2. The van der Waals surface area contributed by atoms with E-state index in [0.717, 1.165) is 30.5 Å². The highest BCUT2D eigenvalue weighted by atomic mass is 35.5. The van der Waals surface area contributed by atoms with Gasteiger partial charge in [0.25, 0.3) is 5.91 Å². The van der Waals surface area contributed by atoms with Crippen LogP contribution in [0.25, 0.3) is 0 Å². The molecule has 0 fully saturated rings. The predicted molar refractivity (Wildman–Crippen MR) is 138 cm³/mol. The molecule has 0 aliphatic carbocycles. The highest BCUT2D eigenvalue weighted by Gasteiger charge is 2.16. The molecule has 2 atom stereocenters. The van der Waals surface area contributed by atoms with Crippen LogP contribution in [0.5, 0.6) is 0 Å². The van der Waals surface area contributed by atoms with E-state index in [-0.39, 0.29) is 54.8 Å². The fraction of sp³-hybridized carbons (Fsp3) is 0.455. The van der Waals surface area contributed by atoms with E-state index in [0.29, 0.717) is 6.54 Å². The lowest BCUT2D eigenvalue weighted by Gasteiger charge is -2.14. The lowest BCUT2D eigenvalue weighted by Crippen LogP contribution is -2.38. The maximum atomic E-state index is 12.2. The summed E-state index contributed by atoms with van der Waals surface area (Å²) in [7, 11) is 0. The van der Waals surface area contributed by atoms with E-state index in [1.165, 1.54) is 0 Å². The van der Waals surface area contributed by atoms with E-state index in [4.69, 9.17) is 38.6 Å². The van der Waals surface area contributed by atoms with Crippen molar-refractivity contribution in [3.8, 4) is 0 Å². The topological polar surface area (TPSA) is 227 Å². The van der Waals surface area contributed by atoms with Crippen molar-refractivity contribution in [2.75, 3.05) is 49.7 Å². The number of aliphatic imine (C=N–C) groups is 1. The number of carbonyl (C=O) groups excluding carboxylic acids is 1. The van der Waals surface area contributed by atoms with Gasteiger partial charge >= 0.3 is 0 Å². The van der Waals surface area contributed by atoms with Gasteiger partial charge in [0.05, 0.1) is 25.9 Å². The molecule has 11 N–H and O–H groups in total. The van der Waals surface area contributed by atoms with Crippen LogP contribution in [0.3, 0.4) is 0 Å². The number of hydrogen-bond acceptors (Lipinski definition) is 11. The Morgan fingerprint density at radius 1 is 1.08 bits per heavy atom. The van der Waals surface area contributed by atoms with Crippen LogP contribution in [0.4, 0.5) is 17.3 Å². The highest BCUT2D eigenvalue weighted by Crippen LogP contribution is 2.17. The second-order valence-corrected chi connectivity index (χ2v) is 8.28. The minimum Gasteiger partial charge on any atom is -0.394 e. The molecule has 1 aromatic carbocycles. The quantitative estimate of drug-likeness (QED) is 0.0892. The van der Waals surface area contributed by atoms with Gasteiger partial charge in [-0.15, -0.1) is 0 Å². The lowest BCUT2D eigenvalue weighted by molar-refractivity contribution is -0.0212. The number of rotatable bonds is 14. The predicted octanol–water partition coefficient (Wildman–Crippen LogP) is -0.496. The van der Waals surface area contributed by atoms with Crippen LogP contribution in [-0.2, 0) is 11.2 Å². The van der Waals surface area contributed by atoms with Crippen molar-refractivity contribution >= 4 is 40.8 Å². The fourth-order valence-corrected chi connectivity index (χ4v) is 3.07. The number of aliphatic hydroxyl groups excluding tert-OH is 3. The molecule has 1 amide bonds. The van der Waals surface area contributed by atoms with E-state index >= 15 is 0 Å². The monoisotopic (exact) mass is 524 g/mol. The van der Waals surface area contributed by atoms with E-state index in [9.17, 15) is 15.0 Å². The van der Waals surface area contributed by atoms with Gasteiger partial charge in [0.15, 0.2) is 28.4 Å². The first-order chi connectivity index (χ1) is 17.2. The number of hydrogen-bond donors (Lipinski definition) is 8. The Bertz CT molecular complexity index is 1010. The normalized spacial score (nSPS) is 13.3. The number of anilines is 3. The van der Waals surface area contributed by atoms with Crippen LogP contribution in [0.2, 0.25) is 5.15 Å². The summed E-state index contributed by atoms with van der Waals surface area (Å²) in [6.07, 6.45) is 0.756. The smallest absolute Gasteiger partial charge is 0.280 e. The van der Waals surface area contributed by atoms with Crippen LogP contribution in [0, 0.1) is 0 Å². The fourth-order valence-electron chi connectivity index (χ4n) is 2.94. The van der Waals surface area contributed by atoms with Crippen molar-refractivity contribution in [3.63, 3.8) is 0 Å². The van der Waals surface area contributed by atoms with Crippen LogP contribution in [0.15, 0.2) is 29.3 Å². The molecule has 0 bridgehead atoms. The van der Waals surface area contributed by atoms with Gasteiger partial charge in [0.2, 0.25) is 0 Å². The average molecular weight is 525 g/mol. The maximum absolute atomic E-state index is 12.2. The van der Waals surface area contributed by atoms with Gasteiger partial charge in [0, 0.05) is 18.8 Å². The molecule has 2 aromatic rings. The number of nitrogens with two attached hydrogens (primary N) is 3. The molecule has 0 saturated heterocycles. The van der Waals surface area contributed by atoms with E-state index < -0.39 is 18.1 Å². The molecular formula is C22H33ClN8O5. The summed E-state index contributed by atoms with van der Waals surface area (Å²) in [4.78, 5) is 23.9. The summed E-state index contributed by atoms with van der Waals surface area (Å²) in [5, 5.41) is 33.2. The minimum absolute atomic E-state index is 0.0297. The standard InChI is InChI=1S/C22H33ClN8O5/c23-18-20(25)30-19(24)17(29-18)21(35)31-22(26)27-8-2-1-3-13-4-6-14(7-5-13)28-9-15(33)11-36-12-16(34)10-32/h4-7,15-16,28,32-34H,1-3,8-12H2,(H4,24,25,30)(H3,26,27,31,35). The molecular weight excluding hydrogens is 492 g/mol. The molecule has 14 heteroatoms. The van der Waals surface area contributed by atoms with Crippen molar-refractivity contribution in [2.24, 2.45) is 10.7 Å². The Morgan fingerprint density at radius 3 is 2.47 bits per heavy atom. The van der Waals surface area contributed by atoms with Crippen molar-refractivity contribution in [1.82, 2.24) is 15.3 Å². The summed E-state index contributed by atoms with van der Waals surface area (Å²) < 4.78 is 5.13. The number of halogens is 1. The first-order valence-corrected chi connectivity index (χ1v) is 11.6. The summed E-state index contributed by atoms with van der Waals surface area (Å²) in [5.74, 6) is -0.988. The Hall–Kier alpha value is -3.23. The summed E-state index contributed by atoms with van der Waals surface area (Å²) in [5.41, 5.74) is 18.7. The summed E-state index contributed by atoms with van der Waals surface area (Å²) >= 11 is 5.77. The second-order valence-electron chi connectivity index (χ2n) is 7.92. The molecule has 13 nitrogen and oxygen atoms in total. The third-order valence-electron chi connectivity index (χ3n) is 4.84. The summed E-state index contributed by atoms with van der Waals surface area (Å²) in [6.45, 7) is 0.349. The molecule has 0 saturated carbocycles. The zero-order chi connectivity index (χ0) is 26.5. The van der Waals surface area contributed by atoms with Crippen LogP contribution >= 0.6 is 11.6 Å². The van der Waals surface area contributed by atoms with E-state index in [1.54, 1.807) is 0 Å². The van der Waals surface area contributed by atoms with E-state index in [1.807, 2.05) is 24.3 Å². The molecule has 0 spiro atoms. The number of carbonyl (C=O) groups is 1. The Labute approximate surface area is 213 Å². The third kappa shape index (κ3) is 10.2. The average Bonchev–Trinajstić information content (AvgIpc) is 2.85. The van der Waals surface area contributed by atoms with Gasteiger partial charge < -0.3 is 42.6 Å². The van der Waals surface area contributed by atoms with Crippen molar-refractivity contribution in [3.05, 3.63) is 40.7 Å². The number of nitrogens with one attached hydrogen (secondary N) is 2. The van der Waals surface area contributed by atoms with Crippen molar-refractivity contribution < 1.29 is 24.9 Å². The van der Waals surface area contributed by atoms with Gasteiger partial charge in [0.1, 0.15) is 6.10 Å². The number of amides is 1. The molecule has 1 heterocycles. The molecule has 198 valence electrons. The number of benzene rings is 1. The second kappa shape index (κ2) is 15.0. The van der Waals surface area contributed by atoms with Crippen LogP contribution < -0.4 is 27.8 Å². The number of aryl methyl sites for hydroxylation is 1. The largest absolute Gasteiger partial charge is 0.394 e. The number of ether oxygens (including phenoxy) is 1. The SMILES string of the molecule is NC(=NCCCCc1ccc(NCC(O)COCC(O)CO)cc1)NC(=O)c1nc(Cl)c(N)nc1N. The lowest BCUT2D eigenvalue weighted by atomic mass is 10.1. The number of nitrogen functional groups attached to an aromatic ring is 2. The third-order valence-corrected chi connectivity index (χ3v) is 5.12. The molecule has 0 aliphatic heterocycles. The summed E-state index contributed by atoms with van der Waals surface area (Å²) in [6, 6.07) is 7.82. The van der Waals surface area contributed by atoms with Gasteiger partial charge in [-0.1, -0.05) is 23.7 Å². The molecule has 0 aliphatic rings. The minimum atomic E-state index is -0.946. The zero-order valence-electron chi connectivity index (χ0n) is 19.7. The van der Waals surface area contributed by atoms with Gasteiger partial charge in [-0.25, -0.2) is 9.97 Å². The highest BCUT2D eigenvalue weighted by molar-refractivity contribution is 6.31. The number of nitrogens with zero attached hydrogens (tertiary/aromatic N) is 3. The number of guanidine groups is 1. The molecule has 2 rings (SSSR count). The first-order valence-electron chi connectivity index (χ1n) is 11.3. The first kappa shape index (κ1) is 29.0. The number of aliphatic hydroxyl groups is 3. The Balaban J connectivity index is 1.66. The van der Waals surface area contributed by atoms with Crippen molar-refractivity contribution in [1.29, 1.82) is 0 Å². The molecule has 36 heavy (non-hydrogen) atoms. The van der Waals surface area contributed by atoms with Gasteiger partial charge in [-0.3, -0.25) is 15.1 Å². The molecule has 2 unspecified atom stereocenters. The van der Waals surface area contributed by atoms with Gasteiger partial charge in [-0.2, -0.15) is 0 Å². The van der Waals surface area contributed by atoms with Gasteiger partial charge in [-0.05, 0) is 37.0 Å². The van der Waals surface area contributed by atoms with Crippen molar-refractivity contribution in [2.45, 2.75) is 31.5 Å². The number of unbranched alkanes of at least 4 members (excludes halogenated alkanes) is 1. The Kier molecular flexibility index (Phi) is 12.1. The van der Waals surface area contributed by atoms with Crippen LogP contribution in [-0.4, -0.2) is 82.3 Å². The zero-order valence-corrected chi connectivity index (χ0v) is 20.5. The molecule has 1 aromatic heterocycles. The molecule has 0 radical (unpaired) electrons. The van der Waals surface area contributed by atoms with Crippen LogP contribution in [0.1, 0.15) is 28.9 Å². The van der Waals surface area contributed by atoms with E-state index in [2.05, 4.69) is 25.6 Å². The Morgan fingerprint density at radius 2 is 1.78 bits per heavy atom. The maximum Gasteiger partial charge on any atom is 0.280 e.